The highest BCUT2D eigenvalue weighted by Gasteiger charge is 2.03. The lowest BCUT2D eigenvalue weighted by Gasteiger charge is -2.10. The van der Waals surface area contributed by atoms with E-state index in [9.17, 15) is 0 Å². The van der Waals surface area contributed by atoms with Gasteiger partial charge in [0.25, 0.3) is 0 Å². The second-order valence-corrected chi connectivity index (χ2v) is 4.31. The quantitative estimate of drug-likeness (QED) is 0.837. The number of hydrogen-bond acceptors (Lipinski definition) is 2. The van der Waals surface area contributed by atoms with Gasteiger partial charge in [0.2, 0.25) is 0 Å². The summed E-state index contributed by atoms with van der Waals surface area (Å²) in [7, 11) is 0. The van der Waals surface area contributed by atoms with Gasteiger partial charge in [0, 0.05) is 16.3 Å². The van der Waals surface area contributed by atoms with Crippen molar-refractivity contribution in [1.82, 2.24) is 0 Å². The van der Waals surface area contributed by atoms with Crippen molar-refractivity contribution in [2.45, 2.75) is 13.5 Å². The summed E-state index contributed by atoms with van der Waals surface area (Å²) < 4.78 is 5.72. The SMILES string of the molecule is Cc1ccccc1OCc1ccc(N)cc1Cl. The molecule has 0 aliphatic carbocycles. The Morgan fingerprint density at radius 3 is 2.65 bits per heavy atom. The van der Waals surface area contributed by atoms with Crippen LogP contribution in [-0.4, -0.2) is 0 Å². The van der Waals surface area contributed by atoms with Crippen LogP contribution in [0.3, 0.4) is 0 Å². The normalized spacial score (nSPS) is 10.2. The monoisotopic (exact) mass is 247 g/mol. The molecule has 2 aromatic carbocycles. The van der Waals surface area contributed by atoms with Crippen LogP contribution in [0.1, 0.15) is 11.1 Å². The molecular weight excluding hydrogens is 234 g/mol. The summed E-state index contributed by atoms with van der Waals surface area (Å²) in [5.74, 6) is 0.875. The van der Waals surface area contributed by atoms with Crippen molar-refractivity contribution in [3.8, 4) is 5.75 Å². The summed E-state index contributed by atoms with van der Waals surface area (Å²) >= 11 is 6.08. The molecule has 17 heavy (non-hydrogen) atoms. The molecule has 0 fully saturated rings. The molecule has 0 spiro atoms. The summed E-state index contributed by atoms with van der Waals surface area (Å²) in [5, 5.41) is 0.638. The van der Waals surface area contributed by atoms with Crippen molar-refractivity contribution >= 4 is 17.3 Å². The minimum atomic E-state index is 0.448. The van der Waals surface area contributed by atoms with Crippen LogP contribution in [-0.2, 0) is 6.61 Å². The largest absolute Gasteiger partial charge is 0.489 e. The Balaban J connectivity index is 2.10. The standard InChI is InChI=1S/C14H14ClNO/c1-10-4-2-3-5-14(10)17-9-11-6-7-12(16)8-13(11)15/h2-8H,9,16H2,1H3. The zero-order valence-electron chi connectivity index (χ0n) is 9.61. The van der Waals surface area contributed by atoms with E-state index in [1.54, 1.807) is 6.07 Å². The third-order valence-corrected chi connectivity index (χ3v) is 2.91. The Bertz CT molecular complexity index is 525. The topological polar surface area (TPSA) is 35.2 Å². The third kappa shape index (κ3) is 2.92. The van der Waals surface area contributed by atoms with Crippen molar-refractivity contribution in [3.63, 3.8) is 0 Å². The number of anilines is 1. The lowest BCUT2D eigenvalue weighted by Crippen LogP contribution is -1.98. The van der Waals surface area contributed by atoms with E-state index >= 15 is 0 Å². The van der Waals surface area contributed by atoms with Crippen LogP contribution in [0.25, 0.3) is 0 Å². The first kappa shape index (κ1) is 11.8. The Kier molecular flexibility index (Phi) is 3.55. The number of benzene rings is 2. The third-order valence-electron chi connectivity index (χ3n) is 2.55. The molecule has 0 aliphatic rings. The van der Waals surface area contributed by atoms with Crippen molar-refractivity contribution in [1.29, 1.82) is 0 Å². The van der Waals surface area contributed by atoms with E-state index in [-0.39, 0.29) is 0 Å². The highest BCUT2D eigenvalue weighted by Crippen LogP contribution is 2.22. The van der Waals surface area contributed by atoms with Crippen molar-refractivity contribution < 1.29 is 4.74 Å². The second kappa shape index (κ2) is 5.11. The summed E-state index contributed by atoms with van der Waals surface area (Å²) in [6, 6.07) is 13.3. The van der Waals surface area contributed by atoms with Crippen molar-refractivity contribution in [3.05, 3.63) is 58.6 Å². The number of halogens is 1. The van der Waals surface area contributed by atoms with E-state index < -0.39 is 0 Å². The highest BCUT2D eigenvalue weighted by atomic mass is 35.5. The van der Waals surface area contributed by atoms with E-state index in [0.29, 0.717) is 17.3 Å². The first-order chi connectivity index (χ1) is 8.16. The first-order valence-corrected chi connectivity index (χ1v) is 5.77. The summed E-state index contributed by atoms with van der Waals surface area (Å²) in [6.45, 7) is 2.46. The molecule has 0 atom stereocenters. The molecule has 0 bridgehead atoms. The first-order valence-electron chi connectivity index (χ1n) is 5.39. The summed E-state index contributed by atoms with van der Waals surface area (Å²) in [6.07, 6.45) is 0. The minimum absolute atomic E-state index is 0.448. The molecule has 2 nitrogen and oxygen atoms in total. The van der Waals surface area contributed by atoms with Gasteiger partial charge in [-0.1, -0.05) is 35.9 Å². The molecule has 88 valence electrons. The van der Waals surface area contributed by atoms with Crippen LogP contribution < -0.4 is 10.5 Å². The summed E-state index contributed by atoms with van der Waals surface area (Å²) in [4.78, 5) is 0. The van der Waals surface area contributed by atoms with E-state index in [1.165, 1.54) is 0 Å². The fourth-order valence-electron chi connectivity index (χ4n) is 1.55. The van der Waals surface area contributed by atoms with Gasteiger partial charge in [-0.3, -0.25) is 0 Å². The Labute approximate surface area is 106 Å². The molecule has 0 aromatic heterocycles. The Morgan fingerprint density at radius 2 is 1.94 bits per heavy atom. The number of nitrogens with two attached hydrogens (primary N) is 1. The van der Waals surface area contributed by atoms with Crippen LogP contribution in [0, 0.1) is 6.92 Å². The fourth-order valence-corrected chi connectivity index (χ4v) is 1.80. The predicted molar refractivity (Wildman–Crippen MR) is 71.4 cm³/mol. The number of para-hydroxylation sites is 1. The molecular formula is C14H14ClNO. The zero-order valence-corrected chi connectivity index (χ0v) is 10.4. The Morgan fingerprint density at radius 1 is 1.18 bits per heavy atom. The van der Waals surface area contributed by atoms with Gasteiger partial charge in [-0.25, -0.2) is 0 Å². The van der Waals surface area contributed by atoms with Crippen LogP contribution in [0.15, 0.2) is 42.5 Å². The van der Waals surface area contributed by atoms with Crippen LogP contribution >= 0.6 is 11.6 Å². The summed E-state index contributed by atoms with van der Waals surface area (Å²) in [5.41, 5.74) is 8.34. The number of hydrogen-bond donors (Lipinski definition) is 1. The lowest BCUT2D eigenvalue weighted by molar-refractivity contribution is 0.304. The molecule has 2 rings (SSSR count). The average molecular weight is 248 g/mol. The van der Waals surface area contributed by atoms with E-state index in [4.69, 9.17) is 22.1 Å². The van der Waals surface area contributed by atoms with E-state index in [0.717, 1.165) is 16.9 Å². The smallest absolute Gasteiger partial charge is 0.122 e. The van der Waals surface area contributed by atoms with Crippen molar-refractivity contribution in [2.24, 2.45) is 0 Å². The minimum Gasteiger partial charge on any atom is -0.489 e. The fraction of sp³-hybridized carbons (Fsp3) is 0.143. The molecule has 0 saturated heterocycles. The van der Waals surface area contributed by atoms with Gasteiger partial charge in [-0.05, 0) is 30.7 Å². The molecule has 0 radical (unpaired) electrons. The number of rotatable bonds is 3. The van der Waals surface area contributed by atoms with Gasteiger partial charge in [0.05, 0.1) is 0 Å². The van der Waals surface area contributed by atoms with Crippen LogP contribution in [0.5, 0.6) is 5.75 Å². The lowest BCUT2D eigenvalue weighted by atomic mass is 10.2. The highest BCUT2D eigenvalue weighted by molar-refractivity contribution is 6.31. The maximum absolute atomic E-state index is 6.08. The van der Waals surface area contributed by atoms with Crippen LogP contribution in [0.2, 0.25) is 5.02 Å². The van der Waals surface area contributed by atoms with Gasteiger partial charge >= 0.3 is 0 Å². The molecule has 0 heterocycles. The Hall–Kier alpha value is -1.67. The van der Waals surface area contributed by atoms with E-state index in [2.05, 4.69) is 0 Å². The molecule has 0 saturated carbocycles. The van der Waals surface area contributed by atoms with Gasteiger partial charge < -0.3 is 10.5 Å². The van der Waals surface area contributed by atoms with Gasteiger partial charge in [0.1, 0.15) is 12.4 Å². The number of nitrogen functional groups attached to an aromatic ring is 1. The molecule has 2 N–H and O–H groups in total. The molecule has 3 heteroatoms. The van der Waals surface area contributed by atoms with Crippen molar-refractivity contribution in [2.75, 3.05) is 5.73 Å². The second-order valence-electron chi connectivity index (χ2n) is 3.91. The van der Waals surface area contributed by atoms with E-state index in [1.807, 2.05) is 43.3 Å². The number of aryl methyl sites for hydroxylation is 1. The maximum atomic E-state index is 6.08. The molecule has 0 aliphatic heterocycles. The average Bonchev–Trinajstić information content (AvgIpc) is 2.30. The van der Waals surface area contributed by atoms with Crippen LogP contribution in [0.4, 0.5) is 5.69 Å². The van der Waals surface area contributed by atoms with Gasteiger partial charge in [-0.15, -0.1) is 0 Å². The molecule has 0 unspecified atom stereocenters. The predicted octanol–water partition coefficient (Wildman–Crippen LogP) is 3.81. The number of ether oxygens (including phenoxy) is 1. The molecule has 2 aromatic rings. The maximum Gasteiger partial charge on any atom is 0.122 e. The zero-order chi connectivity index (χ0) is 12.3. The molecule has 0 amide bonds. The van der Waals surface area contributed by atoms with Gasteiger partial charge in [0.15, 0.2) is 0 Å². The van der Waals surface area contributed by atoms with Gasteiger partial charge in [-0.2, -0.15) is 0 Å².